The Morgan fingerprint density at radius 2 is 2.07 bits per heavy atom. The summed E-state index contributed by atoms with van der Waals surface area (Å²) in [6.45, 7) is 1.30. The Hall–Kier alpha value is -2.65. The van der Waals surface area contributed by atoms with Crippen LogP contribution in [0, 0.1) is 0 Å². The van der Waals surface area contributed by atoms with E-state index in [1.165, 1.54) is 4.90 Å². The number of rotatable bonds is 8. The molecule has 1 fully saturated rings. The summed E-state index contributed by atoms with van der Waals surface area (Å²) in [5.41, 5.74) is 6.64. The van der Waals surface area contributed by atoms with E-state index in [2.05, 4.69) is 10.6 Å². The predicted octanol–water partition coefficient (Wildman–Crippen LogP) is 0.103. The average molecular weight is 425 g/mol. The third kappa shape index (κ3) is 5.45. The number of imide groups is 1. The fourth-order valence-corrected chi connectivity index (χ4v) is 3.34. The third-order valence-electron chi connectivity index (χ3n) is 4.82. The van der Waals surface area contributed by atoms with Gasteiger partial charge in [-0.25, -0.2) is 0 Å². The molecule has 2 aliphatic rings. The molecule has 4 N–H and O–H groups in total. The molecule has 0 radical (unpaired) electrons. The maximum Gasteiger partial charge on any atom is 0.257 e. The van der Waals surface area contributed by atoms with Gasteiger partial charge in [0, 0.05) is 25.1 Å². The highest BCUT2D eigenvalue weighted by molar-refractivity contribution is 6.05. The number of hydrogen-bond acceptors (Lipinski definition) is 6. The number of hydrogen-bond donors (Lipinski definition) is 3. The van der Waals surface area contributed by atoms with Gasteiger partial charge in [-0.2, -0.15) is 0 Å². The van der Waals surface area contributed by atoms with Crippen LogP contribution in [0.3, 0.4) is 0 Å². The van der Waals surface area contributed by atoms with E-state index < -0.39 is 11.9 Å². The number of nitrogens with one attached hydrogen (secondary N) is 2. The van der Waals surface area contributed by atoms with Gasteiger partial charge in [-0.05, 0) is 49.6 Å². The van der Waals surface area contributed by atoms with E-state index in [0.717, 1.165) is 18.4 Å². The molecule has 2 aliphatic heterocycles. The average Bonchev–Trinajstić information content (AvgIpc) is 2.99. The first-order valence-electron chi connectivity index (χ1n) is 9.36. The predicted molar refractivity (Wildman–Crippen MR) is 107 cm³/mol. The number of carbonyl (C=O) groups is 4. The summed E-state index contributed by atoms with van der Waals surface area (Å²) in [6, 6.07) is 4.33. The second-order valence-electron chi connectivity index (χ2n) is 6.85. The molecule has 3 rings (SSSR count). The van der Waals surface area contributed by atoms with Gasteiger partial charge >= 0.3 is 0 Å². The molecule has 0 bridgehead atoms. The van der Waals surface area contributed by atoms with Crippen LogP contribution in [0.1, 0.15) is 41.6 Å². The number of amides is 4. The Kier molecular flexibility index (Phi) is 7.98. The summed E-state index contributed by atoms with van der Waals surface area (Å²) in [7, 11) is 0. The van der Waals surface area contributed by atoms with E-state index in [4.69, 9.17) is 10.5 Å². The Balaban J connectivity index is 0.00000300. The van der Waals surface area contributed by atoms with Gasteiger partial charge in [0.25, 0.3) is 11.8 Å². The molecule has 4 amide bonds. The lowest BCUT2D eigenvalue weighted by atomic mass is 10.0. The molecule has 0 aromatic heterocycles. The summed E-state index contributed by atoms with van der Waals surface area (Å²) < 4.78 is 5.51. The van der Waals surface area contributed by atoms with Crippen LogP contribution in [0.5, 0.6) is 5.75 Å². The van der Waals surface area contributed by atoms with Crippen molar-refractivity contribution in [2.45, 2.75) is 38.3 Å². The van der Waals surface area contributed by atoms with Crippen molar-refractivity contribution in [2.24, 2.45) is 5.73 Å². The summed E-state index contributed by atoms with van der Waals surface area (Å²) in [5.74, 6) is -0.746. The van der Waals surface area contributed by atoms with Crippen LogP contribution in [-0.4, -0.2) is 54.3 Å². The normalized spacial score (nSPS) is 18.0. The molecule has 10 heteroatoms. The van der Waals surface area contributed by atoms with E-state index in [1.807, 2.05) is 0 Å². The molecule has 0 saturated carbocycles. The maximum absolute atomic E-state index is 12.6. The van der Waals surface area contributed by atoms with Crippen LogP contribution in [0.25, 0.3) is 0 Å². The first-order valence-corrected chi connectivity index (χ1v) is 9.36. The molecule has 2 heterocycles. The van der Waals surface area contributed by atoms with Crippen LogP contribution in [0.2, 0.25) is 0 Å². The molecule has 0 spiro atoms. The smallest absolute Gasteiger partial charge is 0.257 e. The number of halogens is 1. The SMILES string of the molecule is Cl.NCCCCNC(=O)COc1ccc2c(c1)CN(C1CCC(=O)NC1=O)C2=O. The number of ether oxygens (including phenoxy) is 1. The van der Waals surface area contributed by atoms with Gasteiger partial charge in [-0.1, -0.05) is 0 Å². The minimum atomic E-state index is -0.652. The van der Waals surface area contributed by atoms with Gasteiger partial charge in [0.1, 0.15) is 11.8 Å². The van der Waals surface area contributed by atoms with Gasteiger partial charge in [-0.3, -0.25) is 24.5 Å². The van der Waals surface area contributed by atoms with Crippen molar-refractivity contribution >= 4 is 36.0 Å². The Bertz CT molecular complexity index is 801. The quantitative estimate of drug-likeness (QED) is 0.401. The fraction of sp³-hybridized carbons (Fsp3) is 0.474. The van der Waals surface area contributed by atoms with E-state index in [1.54, 1.807) is 18.2 Å². The van der Waals surface area contributed by atoms with Crippen molar-refractivity contribution in [3.05, 3.63) is 29.3 Å². The van der Waals surface area contributed by atoms with Gasteiger partial charge in [-0.15, -0.1) is 12.4 Å². The molecular formula is C19H25ClN4O5. The first kappa shape index (κ1) is 22.6. The van der Waals surface area contributed by atoms with Crippen LogP contribution >= 0.6 is 12.4 Å². The zero-order chi connectivity index (χ0) is 20.1. The molecule has 0 aliphatic carbocycles. The minimum absolute atomic E-state index is 0. The number of nitrogens with two attached hydrogens (primary N) is 1. The Morgan fingerprint density at radius 1 is 1.28 bits per heavy atom. The molecule has 1 aromatic carbocycles. The number of unbranched alkanes of at least 4 members (excludes halogenated alkanes) is 1. The van der Waals surface area contributed by atoms with Crippen molar-refractivity contribution in [2.75, 3.05) is 19.7 Å². The monoisotopic (exact) mass is 424 g/mol. The highest BCUT2D eigenvalue weighted by Gasteiger charge is 2.39. The molecule has 1 aromatic rings. The summed E-state index contributed by atoms with van der Waals surface area (Å²) in [6.07, 6.45) is 2.20. The molecular weight excluding hydrogens is 400 g/mol. The summed E-state index contributed by atoms with van der Waals surface area (Å²) in [4.78, 5) is 49.2. The summed E-state index contributed by atoms with van der Waals surface area (Å²) in [5, 5.41) is 5.03. The lowest BCUT2D eigenvalue weighted by Gasteiger charge is -2.29. The van der Waals surface area contributed by atoms with Crippen LogP contribution in [0.15, 0.2) is 18.2 Å². The Morgan fingerprint density at radius 3 is 2.79 bits per heavy atom. The van der Waals surface area contributed by atoms with E-state index in [9.17, 15) is 19.2 Å². The lowest BCUT2D eigenvalue weighted by molar-refractivity contribution is -0.137. The molecule has 1 saturated heterocycles. The third-order valence-corrected chi connectivity index (χ3v) is 4.82. The number of benzene rings is 1. The topological polar surface area (TPSA) is 131 Å². The number of piperidine rings is 1. The number of carbonyl (C=O) groups excluding carboxylic acids is 4. The zero-order valence-corrected chi connectivity index (χ0v) is 16.8. The highest BCUT2D eigenvalue weighted by atomic mass is 35.5. The van der Waals surface area contributed by atoms with E-state index in [-0.39, 0.29) is 49.7 Å². The maximum atomic E-state index is 12.6. The summed E-state index contributed by atoms with van der Waals surface area (Å²) >= 11 is 0. The molecule has 1 atom stereocenters. The second-order valence-corrected chi connectivity index (χ2v) is 6.85. The standard InChI is InChI=1S/C19H24N4O5.ClH/c20-7-1-2-8-21-17(25)11-28-13-3-4-14-12(9-13)10-23(19(14)27)15-5-6-16(24)22-18(15)26;/h3-4,9,15H,1-2,5-8,10-11,20H2,(H,21,25)(H,22,24,26);1H. The van der Waals surface area contributed by atoms with E-state index in [0.29, 0.717) is 30.8 Å². The number of nitrogens with zero attached hydrogens (tertiary/aromatic N) is 1. The minimum Gasteiger partial charge on any atom is -0.484 e. The second kappa shape index (κ2) is 10.2. The van der Waals surface area contributed by atoms with Crippen molar-refractivity contribution in [1.82, 2.24) is 15.5 Å². The lowest BCUT2D eigenvalue weighted by Crippen LogP contribution is -2.52. The van der Waals surface area contributed by atoms with Gasteiger partial charge in [0.05, 0.1) is 0 Å². The molecule has 158 valence electrons. The Labute approximate surface area is 174 Å². The van der Waals surface area contributed by atoms with Gasteiger partial charge in [0.15, 0.2) is 6.61 Å². The van der Waals surface area contributed by atoms with Crippen molar-refractivity contribution in [3.8, 4) is 5.75 Å². The zero-order valence-electron chi connectivity index (χ0n) is 15.9. The number of fused-ring (bicyclic) bond motifs is 1. The largest absolute Gasteiger partial charge is 0.484 e. The van der Waals surface area contributed by atoms with Gasteiger partial charge < -0.3 is 20.7 Å². The molecule has 9 nitrogen and oxygen atoms in total. The fourth-order valence-electron chi connectivity index (χ4n) is 3.34. The van der Waals surface area contributed by atoms with Crippen molar-refractivity contribution < 1.29 is 23.9 Å². The van der Waals surface area contributed by atoms with Crippen LogP contribution in [-0.2, 0) is 20.9 Å². The van der Waals surface area contributed by atoms with Crippen LogP contribution < -0.4 is 21.1 Å². The molecule has 1 unspecified atom stereocenters. The first-order chi connectivity index (χ1) is 13.5. The highest BCUT2D eigenvalue weighted by Crippen LogP contribution is 2.30. The van der Waals surface area contributed by atoms with Crippen LogP contribution in [0.4, 0.5) is 0 Å². The van der Waals surface area contributed by atoms with E-state index >= 15 is 0 Å². The molecule has 29 heavy (non-hydrogen) atoms. The van der Waals surface area contributed by atoms with Gasteiger partial charge in [0.2, 0.25) is 11.8 Å². The van der Waals surface area contributed by atoms with Crippen molar-refractivity contribution in [1.29, 1.82) is 0 Å². The van der Waals surface area contributed by atoms with Crippen molar-refractivity contribution in [3.63, 3.8) is 0 Å².